The third-order valence-corrected chi connectivity index (χ3v) is 2.74. The van der Waals surface area contributed by atoms with Crippen LogP contribution in [-0.2, 0) is 0 Å². The maximum atomic E-state index is 3.46. The molecule has 1 aliphatic rings. The second-order valence-corrected chi connectivity index (χ2v) is 4.46. The molecule has 2 nitrogen and oxygen atoms in total. The van der Waals surface area contributed by atoms with Crippen LogP contribution in [0.2, 0.25) is 0 Å². The van der Waals surface area contributed by atoms with Crippen LogP contribution in [-0.4, -0.2) is 25.7 Å². The first-order valence-electron chi connectivity index (χ1n) is 5.73. The molecule has 0 saturated carbocycles. The van der Waals surface area contributed by atoms with E-state index in [0.29, 0.717) is 6.04 Å². The molecule has 0 radical (unpaired) electrons. The van der Waals surface area contributed by atoms with E-state index in [9.17, 15) is 0 Å². The van der Waals surface area contributed by atoms with Gasteiger partial charge in [0.1, 0.15) is 0 Å². The number of rotatable bonds is 5. The zero-order valence-corrected chi connectivity index (χ0v) is 9.10. The molecule has 2 N–H and O–H groups in total. The van der Waals surface area contributed by atoms with Crippen molar-refractivity contribution in [1.82, 2.24) is 10.6 Å². The van der Waals surface area contributed by atoms with Crippen LogP contribution in [0.5, 0.6) is 0 Å². The lowest BCUT2D eigenvalue weighted by molar-refractivity contribution is 0.346. The van der Waals surface area contributed by atoms with Gasteiger partial charge in [0, 0.05) is 6.04 Å². The van der Waals surface area contributed by atoms with Gasteiger partial charge in [-0.3, -0.25) is 0 Å². The molecule has 0 spiro atoms. The highest BCUT2D eigenvalue weighted by molar-refractivity contribution is 4.69. The molecule has 1 atom stereocenters. The molecule has 1 saturated heterocycles. The molecule has 2 heteroatoms. The van der Waals surface area contributed by atoms with E-state index in [0.717, 1.165) is 5.92 Å². The lowest BCUT2D eigenvalue weighted by Gasteiger charge is -2.22. The lowest BCUT2D eigenvalue weighted by Crippen LogP contribution is -2.30. The third kappa shape index (κ3) is 5.27. The molecule has 0 aromatic carbocycles. The quantitative estimate of drug-likeness (QED) is 0.636. The van der Waals surface area contributed by atoms with E-state index < -0.39 is 0 Å². The Labute approximate surface area is 82.5 Å². The van der Waals surface area contributed by atoms with Gasteiger partial charge in [0.2, 0.25) is 0 Å². The average molecular weight is 184 g/mol. The van der Waals surface area contributed by atoms with Crippen LogP contribution in [0.15, 0.2) is 0 Å². The lowest BCUT2D eigenvalue weighted by atomic mass is 9.95. The van der Waals surface area contributed by atoms with Gasteiger partial charge in [-0.15, -0.1) is 0 Å². The van der Waals surface area contributed by atoms with Crippen LogP contribution in [0.3, 0.4) is 0 Å². The topological polar surface area (TPSA) is 24.1 Å². The molecule has 0 bridgehead atoms. The van der Waals surface area contributed by atoms with E-state index in [4.69, 9.17) is 0 Å². The van der Waals surface area contributed by atoms with E-state index in [2.05, 4.69) is 24.5 Å². The number of hydrogen-bond acceptors (Lipinski definition) is 2. The largest absolute Gasteiger partial charge is 0.316 e. The zero-order chi connectivity index (χ0) is 9.52. The predicted molar refractivity (Wildman–Crippen MR) is 58.0 cm³/mol. The zero-order valence-electron chi connectivity index (χ0n) is 9.10. The van der Waals surface area contributed by atoms with Gasteiger partial charge < -0.3 is 10.6 Å². The van der Waals surface area contributed by atoms with Crippen molar-refractivity contribution in [3.05, 3.63) is 0 Å². The monoisotopic (exact) mass is 184 g/mol. The molecule has 0 amide bonds. The summed E-state index contributed by atoms with van der Waals surface area (Å²) in [7, 11) is 0. The fourth-order valence-corrected chi connectivity index (χ4v) is 1.95. The first-order chi connectivity index (χ1) is 6.29. The van der Waals surface area contributed by atoms with Gasteiger partial charge in [-0.25, -0.2) is 0 Å². The van der Waals surface area contributed by atoms with Crippen molar-refractivity contribution in [2.75, 3.05) is 19.6 Å². The summed E-state index contributed by atoms with van der Waals surface area (Å²) in [5, 5.41) is 6.93. The predicted octanol–water partition coefficient (Wildman–Crippen LogP) is 1.76. The molecule has 1 heterocycles. The van der Waals surface area contributed by atoms with E-state index in [-0.39, 0.29) is 0 Å². The summed E-state index contributed by atoms with van der Waals surface area (Å²) >= 11 is 0. The number of nitrogens with one attached hydrogen (secondary N) is 2. The maximum Gasteiger partial charge on any atom is 0.00103 e. The molecule has 13 heavy (non-hydrogen) atoms. The summed E-state index contributed by atoms with van der Waals surface area (Å²) in [5.41, 5.74) is 0. The van der Waals surface area contributed by atoms with Gasteiger partial charge in [-0.2, -0.15) is 0 Å². The average Bonchev–Trinajstić information content (AvgIpc) is 2.14. The fraction of sp³-hybridized carbons (Fsp3) is 1.00. The highest BCUT2D eigenvalue weighted by Crippen LogP contribution is 2.15. The summed E-state index contributed by atoms with van der Waals surface area (Å²) in [4.78, 5) is 0. The van der Waals surface area contributed by atoms with Crippen LogP contribution in [0.1, 0.15) is 39.5 Å². The van der Waals surface area contributed by atoms with E-state index >= 15 is 0 Å². The summed E-state index contributed by atoms with van der Waals surface area (Å²) in [6.07, 6.45) is 5.55. The van der Waals surface area contributed by atoms with Crippen LogP contribution in [0.4, 0.5) is 0 Å². The molecular formula is C11H24N2. The van der Waals surface area contributed by atoms with Gasteiger partial charge in [0.15, 0.2) is 0 Å². The van der Waals surface area contributed by atoms with Crippen LogP contribution >= 0.6 is 0 Å². The summed E-state index contributed by atoms with van der Waals surface area (Å²) in [6, 6.07) is 0.643. The molecule has 1 fully saturated rings. The Hall–Kier alpha value is -0.0800. The van der Waals surface area contributed by atoms with Gasteiger partial charge in [0.25, 0.3) is 0 Å². The normalized spacial score (nSPS) is 23.8. The highest BCUT2D eigenvalue weighted by atomic mass is 14.9. The maximum absolute atomic E-state index is 3.46. The van der Waals surface area contributed by atoms with Crippen molar-refractivity contribution in [1.29, 1.82) is 0 Å². The Morgan fingerprint density at radius 1 is 1.46 bits per heavy atom. The van der Waals surface area contributed by atoms with E-state index in [1.54, 1.807) is 0 Å². The highest BCUT2D eigenvalue weighted by Gasteiger charge is 2.11. The van der Waals surface area contributed by atoms with Crippen molar-refractivity contribution >= 4 is 0 Å². The molecule has 0 unspecified atom stereocenters. The Bertz CT molecular complexity index is 117. The summed E-state index contributed by atoms with van der Waals surface area (Å²) in [5.74, 6) is 0.947. The smallest absolute Gasteiger partial charge is 0.00103 e. The Morgan fingerprint density at radius 2 is 2.31 bits per heavy atom. The standard InChI is InChI=1S/C11H24N2/c1-10(2)13-8-4-6-11-5-3-7-12-9-11/h10-13H,3-9H2,1-2H3/t11-/m0/s1. The second-order valence-electron chi connectivity index (χ2n) is 4.46. The molecule has 0 aromatic rings. The van der Waals surface area contributed by atoms with Crippen molar-refractivity contribution in [2.45, 2.75) is 45.6 Å². The molecule has 0 aromatic heterocycles. The number of hydrogen-bond donors (Lipinski definition) is 2. The van der Waals surface area contributed by atoms with Crippen molar-refractivity contribution < 1.29 is 0 Å². The van der Waals surface area contributed by atoms with Crippen LogP contribution < -0.4 is 10.6 Å². The minimum absolute atomic E-state index is 0.643. The fourth-order valence-electron chi connectivity index (χ4n) is 1.95. The Balaban J connectivity index is 1.92. The van der Waals surface area contributed by atoms with Gasteiger partial charge in [0.05, 0.1) is 0 Å². The Morgan fingerprint density at radius 3 is 2.92 bits per heavy atom. The van der Waals surface area contributed by atoms with Gasteiger partial charge in [-0.1, -0.05) is 13.8 Å². The second kappa shape index (κ2) is 6.39. The molecule has 1 rings (SSSR count). The van der Waals surface area contributed by atoms with Gasteiger partial charge in [-0.05, 0) is 51.2 Å². The minimum Gasteiger partial charge on any atom is -0.316 e. The van der Waals surface area contributed by atoms with Crippen molar-refractivity contribution in [3.63, 3.8) is 0 Å². The first-order valence-corrected chi connectivity index (χ1v) is 5.73. The third-order valence-electron chi connectivity index (χ3n) is 2.74. The van der Waals surface area contributed by atoms with Crippen molar-refractivity contribution in [3.8, 4) is 0 Å². The molecule has 0 aliphatic carbocycles. The van der Waals surface area contributed by atoms with Gasteiger partial charge >= 0.3 is 0 Å². The van der Waals surface area contributed by atoms with Crippen LogP contribution in [0.25, 0.3) is 0 Å². The van der Waals surface area contributed by atoms with E-state index in [1.165, 1.54) is 45.3 Å². The number of piperidine rings is 1. The summed E-state index contributed by atoms with van der Waals surface area (Å²) in [6.45, 7) is 8.10. The Kier molecular flexibility index (Phi) is 5.40. The van der Waals surface area contributed by atoms with Crippen LogP contribution in [0, 0.1) is 5.92 Å². The molecular weight excluding hydrogens is 160 g/mol. The molecule has 1 aliphatic heterocycles. The van der Waals surface area contributed by atoms with E-state index in [1.807, 2.05) is 0 Å². The SMILES string of the molecule is CC(C)NCCC[C@@H]1CCCNC1. The summed E-state index contributed by atoms with van der Waals surface area (Å²) < 4.78 is 0. The first kappa shape index (κ1) is 11.0. The molecule has 78 valence electrons. The van der Waals surface area contributed by atoms with Crippen molar-refractivity contribution in [2.24, 2.45) is 5.92 Å². The minimum atomic E-state index is 0.643.